The topological polar surface area (TPSA) is 46.6 Å². The summed E-state index contributed by atoms with van der Waals surface area (Å²) in [7, 11) is -3.43. The Kier molecular flexibility index (Phi) is 3.87. The van der Waals surface area contributed by atoms with E-state index in [-0.39, 0.29) is 6.10 Å². The molecule has 1 atom stereocenters. The molecule has 1 heterocycles. The zero-order chi connectivity index (χ0) is 15.9. The number of rotatable bonds is 5. The van der Waals surface area contributed by atoms with Gasteiger partial charge in [-0.3, -0.25) is 0 Å². The lowest BCUT2D eigenvalue weighted by Crippen LogP contribution is -2.30. The molecule has 0 N–H and O–H groups in total. The van der Waals surface area contributed by atoms with E-state index < -0.39 is 10.0 Å². The van der Waals surface area contributed by atoms with Gasteiger partial charge in [0.2, 0.25) is 10.0 Å². The molecule has 4 nitrogen and oxygen atoms in total. The van der Waals surface area contributed by atoms with E-state index in [0.717, 1.165) is 23.8 Å². The predicted molar refractivity (Wildman–Crippen MR) is 89.8 cm³/mol. The van der Waals surface area contributed by atoms with Gasteiger partial charge in [0, 0.05) is 19.7 Å². The van der Waals surface area contributed by atoms with Crippen LogP contribution in [0.1, 0.15) is 19.3 Å². The van der Waals surface area contributed by atoms with Crippen LogP contribution in [-0.4, -0.2) is 38.5 Å². The number of hydrogen-bond acceptors (Lipinski definition) is 3. The van der Waals surface area contributed by atoms with Crippen LogP contribution >= 0.6 is 0 Å². The van der Waals surface area contributed by atoms with E-state index in [9.17, 15) is 8.42 Å². The molecular weight excluding hydrogens is 310 g/mol. The summed E-state index contributed by atoms with van der Waals surface area (Å²) in [5.41, 5.74) is 0. The Morgan fingerprint density at radius 2 is 1.83 bits per heavy atom. The zero-order valence-electron chi connectivity index (χ0n) is 13.0. The average Bonchev–Trinajstić information content (AvgIpc) is 3.27. The molecule has 2 aliphatic rings. The minimum atomic E-state index is -3.43. The van der Waals surface area contributed by atoms with Crippen molar-refractivity contribution < 1.29 is 13.2 Å². The van der Waals surface area contributed by atoms with Gasteiger partial charge in [0.25, 0.3) is 0 Å². The van der Waals surface area contributed by atoms with Crippen LogP contribution in [0, 0.1) is 5.92 Å². The second kappa shape index (κ2) is 5.89. The molecule has 2 aromatic rings. The normalized spacial score (nSPS) is 22.7. The SMILES string of the molecule is O=S(=O)(c1ccc2ccccc2c1)N1CCC(OCC2CC2)C1. The minimum absolute atomic E-state index is 0.0471. The third-order valence-corrected chi connectivity index (χ3v) is 6.59. The highest BCUT2D eigenvalue weighted by atomic mass is 32.2. The Hall–Kier alpha value is -1.43. The van der Waals surface area contributed by atoms with Gasteiger partial charge in [0.15, 0.2) is 0 Å². The van der Waals surface area contributed by atoms with E-state index in [1.807, 2.05) is 30.3 Å². The fraction of sp³-hybridized carbons (Fsp3) is 0.444. The molecule has 2 aromatic carbocycles. The first kappa shape index (κ1) is 15.1. The summed E-state index contributed by atoms with van der Waals surface area (Å²) in [6, 6.07) is 13.2. The molecule has 23 heavy (non-hydrogen) atoms. The number of ether oxygens (including phenoxy) is 1. The number of hydrogen-bond donors (Lipinski definition) is 0. The maximum Gasteiger partial charge on any atom is 0.243 e. The van der Waals surface area contributed by atoms with E-state index in [0.29, 0.717) is 23.9 Å². The van der Waals surface area contributed by atoms with Crippen molar-refractivity contribution in [3.8, 4) is 0 Å². The van der Waals surface area contributed by atoms with Gasteiger partial charge in [-0.2, -0.15) is 4.31 Å². The lowest BCUT2D eigenvalue weighted by Gasteiger charge is -2.17. The molecule has 2 fully saturated rings. The third kappa shape index (κ3) is 3.13. The molecule has 0 radical (unpaired) electrons. The molecule has 0 bridgehead atoms. The monoisotopic (exact) mass is 331 g/mol. The van der Waals surface area contributed by atoms with Crippen LogP contribution < -0.4 is 0 Å². The van der Waals surface area contributed by atoms with Crippen LogP contribution in [0.15, 0.2) is 47.4 Å². The van der Waals surface area contributed by atoms with Crippen LogP contribution in [-0.2, 0) is 14.8 Å². The van der Waals surface area contributed by atoms with Crippen molar-refractivity contribution in [1.82, 2.24) is 4.31 Å². The van der Waals surface area contributed by atoms with E-state index in [1.165, 1.54) is 12.8 Å². The van der Waals surface area contributed by atoms with Crippen molar-refractivity contribution in [2.24, 2.45) is 5.92 Å². The fourth-order valence-electron chi connectivity index (χ4n) is 3.09. The van der Waals surface area contributed by atoms with Crippen LogP contribution in [0.2, 0.25) is 0 Å². The molecule has 0 aromatic heterocycles. The van der Waals surface area contributed by atoms with E-state index in [4.69, 9.17) is 4.74 Å². The Bertz CT molecular complexity index is 814. The zero-order valence-corrected chi connectivity index (χ0v) is 13.8. The van der Waals surface area contributed by atoms with E-state index in [2.05, 4.69) is 0 Å². The van der Waals surface area contributed by atoms with E-state index >= 15 is 0 Å². The van der Waals surface area contributed by atoms with Crippen molar-refractivity contribution >= 4 is 20.8 Å². The van der Waals surface area contributed by atoms with Crippen LogP contribution in [0.4, 0.5) is 0 Å². The van der Waals surface area contributed by atoms with Crippen molar-refractivity contribution in [3.63, 3.8) is 0 Å². The Morgan fingerprint density at radius 1 is 1.04 bits per heavy atom. The summed E-state index contributed by atoms with van der Waals surface area (Å²) in [5.74, 6) is 0.709. The summed E-state index contributed by atoms with van der Waals surface area (Å²) in [6.45, 7) is 1.81. The van der Waals surface area contributed by atoms with Crippen LogP contribution in [0.5, 0.6) is 0 Å². The quantitative estimate of drug-likeness (QED) is 0.846. The second-order valence-electron chi connectivity index (χ2n) is 6.56. The molecule has 4 rings (SSSR count). The molecule has 5 heteroatoms. The highest BCUT2D eigenvalue weighted by molar-refractivity contribution is 7.89. The van der Waals surface area contributed by atoms with Gasteiger partial charge in [0.05, 0.1) is 11.0 Å². The maximum absolute atomic E-state index is 12.8. The third-order valence-electron chi connectivity index (χ3n) is 4.73. The highest BCUT2D eigenvalue weighted by Crippen LogP contribution is 2.31. The molecule has 0 amide bonds. The van der Waals surface area contributed by atoms with Crippen molar-refractivity contribution in [3.05, 3.63) is 42.5 Å². The van der Waals surface area contributed by atoms with Crippen molar-refractivity contribution in [1.29, 1.82) is 0 Å². The number of benzene rings is 2. The van der Waals surface area contributed by atoms with Gasteiger partial charge >= 0.3 is 0 Å². The van der Waals surface area contributed by atoms with Gasteiger partial charge in [-0.15, -0.1) is 0 Å². The summed E-state index contributed by atoms with van der Waals surface area (Å²) >= 11 is 0. The first-order valence-corrected chi connectivity index (χ1v) is 9.67. The van der Waals surface area contributed by atoms with Gasteiger partial charge in [-0.25, -0.2) is 8.42 Å². The van der Waals surface area contributed by atoms with Crippen LogP contribution in [0.3, 0.4) is 0 Å². The van der Waals surface area contributed by atoms with Crippen molar-refractivity contribution in [2.45, 2.75) is 30.3 Å². The largest absolute Gasteiger partial charge is 0.377 e. The predicted octanol–water partition coefficient (Wildman–Crippen LogP) is 3.03. The van der Waals surface area contributed by atoms with Crippen molar-refractivity contribution in [2.75, 3.05) is 19.7 Å². The maximum atomic E-state index is 12.8. The number of fused-ring (bicyclic) bond motifs is 1. The molecule has 1 saturated carbocycles. The number of sulfonamides is 1. The molecule has 0 spiro atoms. The lowest BCUT2D eigenvalue weighted by molar-refractivity contribution is 0.0561. The first-order chi connectivity index (χ1) is 11.1. The minimum Gasteiger partial charge on any atom is -0.377 e. The Labute approximate surface area is 137 Å². The first-order valence-electron chi connectivity index (χ1n) is 8.23. The second-order valence-corrected chi connectivity index (χ2v) is 8.50. The molecule has 1 unspecified atom stereocenters. The van der Waals surface area contributed by atoms with Gasteiger partial charge in [0.1, 0.15) is 0 Å². The standard InChI is InChI=1S/C18H21NO3S/c20-23(21,18-8-7-15-3-1-2-4-16(15)11-18)19-10-9-17(12-19)22-13-14-5-6-14/h1-4,7-8,11,14,17H,5-6,9-10,12-13H2. The van der Waals surface area contributed by atoms with Crippen LogP contribution in [0.25, 0.3) is 10.8 Å². The average molecular weight is 331 g/mol. The van der Waals surface area contributed by atoms with E-state index in [1.54, 1.807) is 16.4 Å². The Morgan fingerprint density at radius 3 is 2.61 bits per heavy atom. The summed E-state index contributed by atoms with van der Waals surface area (Å²) in [5, 5.41) is 2.01. The van der Waals surface area contributed by atoms with Gasteiger partial charge < -0.3 is 4.74 Å². The molecule has 1 saturated heterocycles. The Balaban J connectivity index is 1.51. The summed E-state index contributed by atoms with van der Waals surface area (Å²) in [4.78, 5) is 0.374. The molecule has 1 aliphatic carbocycles. The molecule has 1 aliphatic heterocycles. The smallest absolute Gasteiger partial charge is 0.243 e. The van der Waals surface area contributed by atoms with Gasteiger partial charge in [-0.05, 0) is 48.1 Å². The number of nitrogens with zero attached hydrogens (tertiary/aromatic N) is 1. The molecule has 122 valence electrons. The fourth-order valence-corrected chi connectivity index (χ4v) is 4.61. The highest BCUT2D eigenvalue weighted by Gasteiger charge is 2.34. The summed E-state index contributed by atoms with van der Waals surface area (Å²) < 4.78 is 33.1. The van der Waals surface area contributed by atoms with Gasteiger partial charge in [-0.1, -0.05) is 30.3 Å². The lowest BCUT2D eigenvalue weighted by atomic mass is 10.1. The molecular formula is C18H21NO3S. The summed E-state index contributed by atoms with van der Waals surface area (Å²) in [6.07, 6.45) is 3.35.